The Morgan fingerprint density at radius 2 is 1.75 bits per heavy atom. The van der Waals surface area contributed by atoms with E-state index in [1.54, 1.807) is 0 Å². The fraction of sp³-hybridized carbons (Fsp3) is 0.320. The number of hydrogen-bond acceptors (Lipinski definition) is 6. The summed E-state index contributed by atoms with van der Waals surface area (Å²) in [6.07, 6.45) is -3.79. The predicted molar refractivity (Wildman–Crippen MR) is 117 cm³/mol. The van der Waals surface area contributed by atoms with Crippen molar-refractivity contribution in [1.82, 2.24) is 5.32 Å². The molecule has 0 unspecified atom stereocenters. The lowest BCUT2D eigenvalue weighted by Crippen LogP contribution is -2.67. The van der Waals surface area contributed by atoms with Crippen molar-refractivity contribution in [2.24, 2.45) is 0 Å². The molecular weight excluding hydrogens is 410 g/mol. The van der Waals surface area contributed by atoms with Crippen LogP contribution in [0.25, 0.3) is 10.8 Å². The van der Waals surface area contributed by atoms with Gasteiger partial charge >= 0.3 is 0 Å². The summed E-state index contributed by atoms with van der Waals surface area (Å²) in [4.78, 5) is 11.9. The maximum absolute atomic E-state index is 11.9. The number of hydrogen-bond donors (Lipinski definition) is 2. The Balaban J connectivity index is 1.37. The van der Waals surface area contributed by atoms with Crippen molar-refractivity contribution in [2.75, 3.05) is 6.61 Å². The van der Waals surface area contributed by atoms with Gasteiger partial charge in [-0.15, -0.1) is 0 Å². The van der Waals surface area contributed by atoms with Crippen LogP contribution in [-0.4, -0.2) is 48.3 Å². The average molecular weight is 435 g/mol. The highest BCUT2D eigenvalue weighted by Gasteiger charge is 2.50. The molecule has 166 valence electrons. The van der Waals surface area contributed by atoms with Crippen LogP contribution >= 0.6 is 0 Å². The van der Waals surface area contributed by atoms with Crippen LogP contribution in [0.1, 0.15) is 18.8 Å². The smallest absolute Gasteiger partial charge is 0.223 e. The SMILES string of the molecule is CC(=O)N[C@H]1[C@H](Oc2ccc3ccccc3c2)O[C@@H]2CO[C@@H](c3ccccc3)O[C@H]2[C@@H]1O. The molecule has 2 aliphatic heterocycles. The maximum Gasteiger partial charge on any atom is 0.223 e. The Hall–Kier alpha value is -2.97. The zero-order valence-electron chi connectivity index (χ0n) is 17.6. The minimum atomic E-state index is -1.04. The van der Waals surface area contributed by atoms with Gasteiger partial charge in [-0.1, -0.05) is 60.7 Å². The van der Waals surface area contributed by atoms with Crippen LogP contribution < -0.4 is 10.1 Å². The van der Waals surface area contributed by atoms with E-state index in [-0.39, 0.29) is 12.5 Å². The van der Waals surface area contributed by atoms with Gasteiger partial charge in [0.15, 0.2) is 6.29 Å². The molecule has 6 atom stereocenters. The van der Waals surface area contributed by atoms with Crippen molar-refractivity contribution < 1.29 is 28.8 Å². The highest BCUT2D eigenvalue weighted by molar-refractivity contribution is 5.83. The van der Waals surface area contributed by atoms with Gasteiger partial charge in [-0.25, -0.2) is 0 Å². The Labute approximate surface area is 185 Å². The number of benzene rings is 3. The molecule has 3 aromatic carbocycles. The first kappa shape index (κ1) is 20.9. The average Bonchev–Trinajstić information content (AvgIpc) is 2.82. The minimum Gasteiger partial charge on any atom is -0.463 e. The van der Waals surface area contributed by atoms with Crippen molar-refractivity contribution in [3.05, 3.63) is 78.4 Å². The van der Waals surface area contributed by atoms with Gasteiger partial charge in [-0.2, -0.15) is 0 Å². The Bertz CT molecular complexity index is 1090. The van der Waals surface area contributed by atoms with Crippen LogP contribution in [0.15, 0.2) is 72.8 Å². The fourth-order valence-corrected chi connectivity index (χ4v) is 4.24. The second-order valence-electron chi connectivity index (χ2n) is 8.06. The van der Waals surface area contributed by atoms with E-state index in [4.69, 9.17) is 18.9 Å². The number of ether oxygens (including phenoxy) is 4. The van der Waals surface area contributed by atoms with Crippen molar-refractivity contribution >= 4 is 16.7 Å². The highest BCUT2D eigenvalue weighted by Crippen LogP contribution is 2.35. The van der Waals surface area contributed by atoms with E-state index in [1.165, 1.54) is 6.92 Å². The van der Waals surface area contributed by atoms with E-state index in [9.17, 15) is 9.90 Å². The van der Waals surface area contributed by atoms with Gasteiger partial charge in [-0.3, -0.25) is 4.79 Å². The summed E-state index contributed by atoms with van der Waals surface area (Å²) in [5.74, 6) is 0.282. The summed E-state index contributed by atoms with van der Waals surface area (Å²) in [6.45, 7) is 1.62. The predicted octanol–water partition coefficient (Wildman–Crippen LogP) is 2.92. The van der Waals surface area contributed by atoms with E-state index in [0.717, 1.165) is 16.3 Å². The first-order valence-corrected chi connectivity index (χ1v) is 10.7. The van der Waals surface area contributed by atoms with Gasteiger partial charge in [0.2, 0.25) is 12.2 Å². The highest BCUT2D eigenvalue weighted by atomic mass is 16.7. The number of aliphatic hydroxyl groups is 1. The maximum atomic E-state index is 11.9. The molecule has 2 N–H and O–H groups in total. The molecule has 2 fully saturated rings. The van der Waals surface area contributed by atoms with Crippen LogP contribution in [0.3, 0.4) is 0 Å². The zero-order chi connectivity index (χ0) is 22.1. The van der Waals surface area contributed by atoms with Gasteiger partial charge < -0.3 is 29.4 Å². The lowest BCUT2D eigenvalue weighted by Gasteiger charge is -2.47. The first-order chi connectivity index (χ1) is 15.6. The van der Waals surface area contributed by atoms with Crippen molar-refractivity contribution in [3.8, 4) is 5.75 Å². The fourth-order valence-electron chi connectivity index (χ4n) is 4.24. The first-order valence-electron chi connectivity index (χ1n) is 10.7. The lowest BCUT2D eigenvalue weighted by atomic mass is 9.95. The summed E-state index contributed by atoms with van der Waals surface area (Å²) in [5.41, 5.74) is 0.851. The molecule has 0 saturated carbocycles. The monoisotopic (exact) mass is 435 g/mol. The third kappa shape index (κ3) is 4.20. The number of aliphatic hydroxyl groups excluding tert-OH is 1. The standard InChI is InChI=1S/C25H25NO6/c1-15(27)26-21-22(28)23-20(14-29-24(32-23)17-8-3-2-4-9-17)31-25(21)30-19-12-11-16-7-5-6-10-18(16)13-19/h2-13,20-25,28H,14H2,1H3,(H,26,27)/t20-,21-,22-,23-,24-,25-/m1/s1. The van der Waals surface area contributed by atoms with Gasteiger partial charge in [0.05, 0.1) is 6.61 Å². The summed E-state index contributed by atoms with van der Waals surface area (Å²) >= 11 is 0. The van der Waals surface area contributed by atoms with Crippen LogP contribution in [0.4, 0.5) is 0 Å². The van der Waals surface area contributed by atoms with Crippen molar-refractivity contribution in [1.29, 1.82) is 0 Å². The number of fused-ring (bicyclic) bond motifs is 2. The molecule has 2 aliphatic rings. The Morgan fingerprint density at radius 1 is 1.00 bits per heavy atom. The topological polar surface area (TPSA) is 86.3 Å². The normalized spacial score (nSPS) is 29.8. The van der Waals surface area contributed by atoms with Crippen molar-refractivity contribution in [3.63, 3.8) is 0 Å². The molecule has 32 heavy (non-hydrogen) atoms. The van der Waals surface area contributed by atoms with Crippen LogP contribution in [0, 0.1) is 0 Å². The molecule has 0 aromatic heterocycles. The van der Waals surface area contributed by atoms with Gasteiger partial charge in [-0.05, 0) is 22.9 Å². The molecular formula is C25H25NO6. The number of carbonyl (C=O) groups is 1. The van der Waals surface area contributed by atoms with Crippen LogP contribution in [0.2, 0.25) is 0 Å². The molecule has 3 aromatic rings. The second kappa shape index (κ2) is 8.88. The largest absolute Gasteiger partial charge is 0.463 e. The quantitative estimate of drug-likeness (QED) is 0.656. The van der Waals surface area contributed by atoms with Gasteiger partial charge in [0.25, 0.3) is 0 Å². The third-order valence-corrected chi connectivity index (χ3v) is 5.78. The van der Waals surface area contributed by atoms with E-state index in [1.807, 2.05) is 72.8 Å². The van der Waals surface area contributed by atoms with E-state index < -0.39 is 36.9 Å². The molecule has 2 saturated heterocycles. The summed E-state index contributed by atoms with van der Waals surface area (Å²) in [6, 6.07) is 22.3. The van der Waals surface area contributed by atoms with Crippen LogP contribution in [-0.2, 0) is 19.0 Å². The number of rotatable bonds is 4. The number of nitrogens with one attached hydrogen (secondary N) is 1. The number of amides is 1. The molecule has 1 amide bonds. The molecule has 0 aliphatic carbocycles. The van der Waals surface area contributed by atoms with Crippen LogP contribution in [0.5, 0.6) is 5.75 Å². The molecule has 7 nitrogen and oxygen atoms in total. The molecule has 0 bridgehead atoms. The minimum absolute atomic E-state index is 0.228. The molecule has 5 rings (SSSR count). The van der Waals surface area contributed by atoms with E-state index in [2.05, 4.69) is 5.32 Å². The molecule has 7 heteroatoms. The van der Waals surface area contributed by atoms with Gasteiger partial charge in [0, 0.05) is 12.5 Å². The Morgan fingerprint density at radius 3 is 2.53 bits per heavy atom. The molecule has 0 radical (unpaired) electrons. The molecule has 0 spiro atoms. The summed E-state index contributed by atoms with van der Waals surface area (Å²) < 4.78 is 24.1. The number of carbonyl (C=O) groups excluding carboxylic acids is 1. The lowest BCUT2D eigenvalue weighted by molar-refractivity contribution is -0.333. The van der Waals surface area contributed by atoms with Crippen molar-refractivity contribution in [2.45, 2.75) is 43.9 Å². The summed E-state index contributed by atoms with van der Waals surface area (Å²) in [5, 5.41) is 16.0. The van der Waals surface area contributed by atoms with E-state index in [0.29, 0.717) is 5.75 Å². The third-order valence-electron chi connectivity index (χ3n) is 5.78. The van der Waals surface area contributed by atoms with E-state index >= 15 is 0 Å². The summed E-state index contributed by atoms with van der Waals surface area (Å²) in [7, 11) is 0. The zero-order valence-corrected chi connectivity index (χ0v) is 17.6. The van der Waals surface area contributed by atoms with Gasteiger partial charge in [0.1, 0.15) is 30.1 Å². The second-order valence-corrected chi connectivity index (χ2v) is 8.06. The molecule has 2 heterocycles. The Kier molecular flexibility index (Phi) is 5.80.